The number of nitrogens with one attached hydrogen (secondary N) is 2. The Bertz CT molecular complexity index is 509. The number of nitrogens with zero attached hydrogens (tertiary/aromatic N) is 1. The first-order chi connectivity index (χ1) is 9.15. The highest BCUT2D eigenvalue weighted by Gasteiger charge is 2.39. The Hall–Kier alpha value is -0.970. The molecule has 19 heavy (non-hydrogen) atoms. The van der Waals surface area contributed by atoms with E-state index in [2.05, 4.69) is 10.6 Å². The van der Waals surface area contributed by atoms with Gasteiger partial charge in [-0.25, -0.2) is 4.79 Å². The summed E-state index contributed by atoms with van der Waals surface area (Å²) in [6.07, 6.45) is 1.06. The molecule has 2 heterocycles. The van der Waals surface area contributed by atoms with Gasteiger partial charge in [-0.2, -0.15) is 0 Å². The molecule has 0 aliphatic carbocycles. The monoisotopic (exact) mass is 299 g/mol. The molecule has 2 saturated heterocycles. The Morgan fingerprint density at radius 2 is 2.21 bits per heavy atom. The van der Waals surface area contributed by atoms with Crippen molar-refractivity contribution >= 4 is 34.9 Å². The Morgan fingerprint density at radius 3 is 3.05 bits per heavy atom. The molecule has 0 aromatic heterocycles. The van der Waals surface area contributed by atoms with E-state index in [0.29, 0.717) is 27.7 Å². The second kappa shape index (κ2) is 5.19. The highest BCUT2D eigenvalue weighted by Crippen LogP contribution is 2.29. The van der Waals surface area contributed by atoms with E-state index in [0.717, 1.165) is 26.1 Å². The first-order valence-electron chi connectivity index (χ1n) is 6.38. The quantitative estimate of drug-likeness (QED) is 0.837. The minimum Gasteiger partial charge on any atom is -0.320 e. The molecule has 2 N–H and O–H groups in total. The molecule has 2 aliphatic heterocycles. The molecule has 2 aliphatic rings. The number of amides is 2. The third-order valence-corrected chi connectivity index (χ3v) is 4.44. The first kappa shape index (κ1) is 13.0. The maximum Gasteiger partial charge on any atom is 0.322 e. The molecule has 0 saturated carbocycles. The van der Waals surface area contributed by atoms with Gasteiger partial charge in [-0.15, -0.1) is 0 Å². The van der Waals surface area contributed by atoms with Gasteiger partial charge in [-0.3, -0.25) is 0 Å². The number of carbonyl (C=O) groups is 1. The van der Waals surface area contributed by atoms with Crippen LogP contribution in [0.4, 0.5) is 10.5 Å². The lowest BCUT2D eigenvalue weighted by molar-refractivity contribution is 0.206. The van der Waals surface area contributed by atoms with Gasteiger partial charge in [-0.05, 0) is 30.5 Å². The summed E-state index contributed by atoms with van der Waals surface area (Å²) in [5.41, 5.74) is 0.563. The smallest absolute Gasteiger partial charge is 0.320 e. The van der Waals surface area contributed by atoms with Crippen molar-refractivity contribution < 1.29 is 4.79 Å². The fourth-order valence-corrected chi connectivity index (χ4v) is 3.22. The van der Waals surface area contributed by atoms with Crippen LogP contribution in [0.25, 0.3) is 0 Å². The zero-order chi connectivity index (χ0) is 13.4. The number of fused-ring (bicyclic) bond motifs is 1. The van der Waals surface area contributed by atoms with E-state index >= 15 is 0 Å². The average Bonchev–Trinajstić information content (AvgIpc) is 2.95. The Morgan fingerprint density at radius 1 is 1.37 bits per heavy atom. The lowest BCUT2D eigenvalue weighted by Gasteiger charge is -2.24. The third-order valence-electron chi connectivity index (χ3n) is 3.88. The van der Waals surface area contributed by atoms with Crippen molar-refractivity contribution in [1.29, 1.82) is 0 Å². The van der Waals surface area contributed by atoms with E-state index in [1.807, 2.05) is 4.90 Å². The average molecular weight is 300 g/mol. The Balaban J connectivity index is 1.73. The van der Waals surface area contributed by atoms with Gasteiger partial charge in [0.1, 0.15) is 0 Å². The molecular formula is C13H15Cl2N3O. The summed E-state index contributed by atoms with van der Waals surface area (Å²) in [4.78, 5) is 14.2. The zero-order valence-corrected chi connectivity index (χ0v) is 11.8. The molecule has 1 aromatic carbocycles. The van der Waals surface area contributed by atoms with Gasteiger partial charge >= 0.3 is 6.03 Å². The molecule has 0 radical (unpaired) electrons. The van der Waals surface area contributed by atoms with Crippen LogP contribution in [-0.2, 0) is 0 Å². The number of halogens is 2. The van der Waals surface area contributed by atoms with Gasteiger partial charge in [0, 0.05) is 30.7 Å². The van der Waals surface area contributed by atoms with Crippen LogP contribution >= 0.6 is 23.2 Å². The van der Waals surface area contributed by atoms with E-state index in [9.17, 15) is 4.79 Å². The number of hydrogen-bond acceptors (Lipinski definition) is 2. The van der Waals surface area contributed by atoms with Crippen molar-refractivity contribution in [3.05, 3.63) is 28.2 Å². The lowest BCUT2D eigenvalue weighted by atomic mass is 10.1. The van der Waals surface area contributed by atoms with Crippen LogP contribution in [0.2, 0.25) is 10.0 Å². The van der Waals surface area contributed by atoms with Gasteiger partial charge in [0.05, 0.1) is 10.7 Å². The number of carbonyl (C=O) groups excluding carboxylic acids is 1. The van der Waals surface area contributed by atoms with Crippen LogP contribution in [0.15, 0.2) is 18.2 Å². The molecule has 0 unspecified atom stereocenters. The fraction of sp³-hybridized carbons (Fsp3) is 0.462. The van der Waals surface area contributed by atoms with Crippen molar-refractivity contribution in [2.75, 3.05) is 25.0 Å². The van der Waals surface area contributed by atoms with Gasteiger partial charge in [0.2, 0.25) is 0 Å². The molecule has 0 bridgehead atoms. The summed E-state index contributed by atoms with van der Waals surface area (Å²) in [6, 6.07) is 5.26. The van der Waals surface area contributed by atoms with Gasteiger partial charge < -0.3 is 15.5 Å². The molecule has 0 spiro atoms. The molecule has 6 heteroatoms. The number of anilines is 1. The molecule has 4 nitrogen and oxygen atoms in total. The highest BCUT2D eigenvalue weighted by molar-refractivity contribution is 6.35. The molecule has 2 atom stereocenters. The summed E-state index contributed by atoms with van der Waals surface area (Å²) in [5.74, 6) is 0.584. The van der Waals surface area contributed by atoms with Crippen molar-refractivity contribution in [3.8, 4) is 0 Å². The standard InChI is InChI=1S/C13H15Cl2N3O/c14-9-1-2-10(15)11(5-9)17-13(19)18-4-3-8-6-16-7-12(8)18/h1-2,5,8,12,16H,3-4,6-7H2,(H,17,19)/t8-,12+/m0/s1. The molecule has 3 rings (SSSR count). The predicted octanol–water partition coefficient (Wildman–Crippen LogP) is 2.82. The van der Waals surface area contributed by atoms with Crippen LogP contribution in [0.3, 0.4) is 0 Å². The van der Waals surface area contributed by atoms with Crippen molar-refractivity contribution in [2.45, 2.75) is 12.5 Å². The number of urea groups is 1. The summed E-state index contributed by atoms with van der Waals surface area (Å²) in [6.45, 7) is 2.69. The van der Waals surface area contributed by atoms with E-state index in [-0.39, 0.29) is 6.03 Å². The minimum atomic E-state index is -0.0969. The third kappa shape index (κ3) is 2.53. The van der Waals surface area contributed by atoms with Crippen molar-refractivity contribution in [3.63, 3.8) is 0 Å². The normalized spacial score (nSPS) is 25.5. The number of rotatable bonds is 1. The van der Waals surface area contributed by atoms with Crippen molar-refractivity contribution in [1.82, 2.24) is 10.2 Å². The van der Waals surface area contributed by atoms with Gasteiger partial charge in [-0.1, -0.05) is 23.2 Å². The summed E-state index contributed by atoms with van der Waals surface area (Å²) in [7, 11) is 0. The van der Waals surface area contributed by atoms with E-state index < -0.39 is 0 Å². The Labute approximate surface area is 122 Å². The maximum atomic E-state index is 12.3. The molecule has 1 aromatic rings. The van der Waals surface area contributed by atoms with Crippen LogP contribution < -0.4 is 10.6 Å². The summed E-state index contributed by atoms with van der Waals surface area (Å²) >= 11 is 12.0. The van der Waals surface area contributed by atoms with Crippen LogP contribution in [0.1, 0.15) is 6.42 Å². The van der Waals surface area contributed by atoms with Crippen LogP contribution in [0, 0.1) is 5.92 Å². The van der Waals surface area contributed by atoms with Gasteiger partial charge in [0.25, 0.3) is 0 Å². The van der Waals surface area contributed by atoms with Crippen molar-refractivity contribution in [2.24, 2.45) is 5.92 Å². The lowest BCUT2D eigenvalue weighted by Crippen LogP contribution is -2.41. The van der Waals surface area contributed by atoms with E-state index in [1.54, 1.807) is 18.2 Å². The number of hydrogen-bond donors (Lipinski definition) is 2. The topological polar surface area (TPSA) is 44.4 Å². The SMILES string of the molecule is O=C(Nc1cc(Cl)ccc1Cl)N1CC[C@H]2CNC[C@H]21. The summed E-state index contributed by atoms with van der Waals surface area (Å²) < 4.78 is 0. The zero-order valence-electron chi connectivity index (χ0n) is 10.3. The minimum absolute atomic E-state index is 0.0969. The summed E-state index contributed by atoms with van der Waals surface area (Å²) in [5, 5.41) is 7.23. The molecule has 2 fully saturated rings. The fourth-order valence-electron chi connectivity index (χ4n) is 2.88. The second-order valence-electron chi connectivity index (χ2n) is 5.02. The largest absolute Gasteiger partial charge is 0.322 e. The molecule has 2 amide bonds. The van der Waals surface area contributed by atoms with Crippen LogP contribution in [-0.4, -0.2) is 36.6 Å². The van der Waals surface area contributed by atoms with Gasteiger partial charge in [0.15, 0.2) is 0 Å². The predicted molar refractivity (Wildman–Crippen MR) is 77.0 cm³/mol. The van der Waals surface area contributed by atoms with E-state index in [4.69, 9.17) is 23.2 Å². The first-order valence-corrected chi connectivity index (χ1v) is 7.14. The second-order valence-corrected chi connectivity index (χ2v) is 5.87. The molecule has 102 valence electrons. The number of likely N-dealkylation sites (tertiary alicyclic amines) is 1. The maximum absolute atomic E-state index is 12.3. The Kier molecular flexibility index (Phi) is 3.56. The van der Waals surface area contributed by atoms with E-state index in [1.165, 1.54) is 0 Å². The van der Waals surface area contributed by atoms with Crippen LogP contribution in [0.5, 0.6) is 0 Å². The highest BCUT2D eigenvalue weighted by atomic mass is 35.5. The number of benzene rings is 1. The molecular weight excluding hydrogens is 285 g/mol.